The lowest BCUT2D eigenvalue weighted by Gasteiger charge is -2.08. The molecular formula is C20H18N4O2S2. The van der Waals surface area contributed by atoms with Gasteiger partial charge in [0.2, 0.25) is 5.91 Å². The molecule has 142 valence electrons. The quantitative estimate of drug-likeness (QED) is 0.474. The number of thioether (sulfide) groups is 1. The Morgan fingerprint density at radius 2 is 2.18 bits per heavy atom. The molecule has 0 saturated heterocycles. The van der Waals surface area contributed by atoms with Crippen molar-refractivity contribution in [3.05, 3.63) is 57.5 Å². The molecule has 8 heteroatoms. The summed E-state index contributed by atoms with van der Waals surface area (Å²) in [6, 6.07) is 10.0. The highest BCUT2D eigenvalue weighted by Crippen LogP contribution is 2.39. The zero-order valence-electron chi connectivity index (χ0n) is 15.1. The van der Waals surface area contributed by atoms with Gasteiger partial charge in [0.1, 0.15) is 5.82 Å². The van der Waals surface area contributed by atoms with Crippen LogP contribution in [-0.2, 0) is 17.6 Å². The molecule has 28 heavy (non-hydrogen) atoms. The average molecular weight is 411 g/mol. The summed E-state index contributed by atoms with van der Waals surface area (Å²) in [5.41, 5.74) is 2.33. The van der Waals surface area contributed by atoms with Crippen molar-refractivity contribution in [3.63, 3.8) is 0 Å². The second-order valence-electron chi connectivity index (χ2n) is 7.06. The van der Waals surface area contributed by atoms with Gasteiger partial charge < -0.3 is 9.88 Å². The van der Waals surface area contributed by atoms with E-state index in [0.29, 0.717) is 23.8 Å². The van der Waals surface area contributed by atoms with E-state index in [1.165, 1.54) is 16.6 Å². The van der Waals surface area contributed by atoms with E-state index in [1.54, 1.807) is 17.4 Å². The van der Waals surface area contributed by atoms with Gasteiger partial charge in [0, 0.05) is 28.6 Å². The van der Waals surface area contributed by atoms with E-state index >= 15 is 0 Å². The highest BCUT2D eigenvalue weighted by molar-refractivity contribution is 7.99. The molecule has 1 saturated carbocycles. The molecule has 0 atom stereocenters. The number of benzene rings is 1. The number of hydrogen-bond donors (Lipinski definition) is 1. The van der Waals surface area contributed by atoms with Gasteiger partial charge in [-0.05, 0) is 48.1 Å². The minimum absolute atomic E-state index is 0.0234. The van der Waals surface area contributed by atoms with Crippen LogP contribution in [-0.4, -0.2) is 32.2 Å². The third-order valence-corrected chi connectivity index (χ3v) is 6.76. The first-order chi connectivity index (χ1) is 13.7. The van der Waals surface area contributed by atoms with Gasteiger partial charge in [-0.15, -0.1) is 21.5 Å². The molecule has 1 amide bonds. The van der Waals surface area contributed by atoms with Gasteiger partial charge in [-0.1, -0.05) is 17.8 Å². The van der Waals surface area contributed by atoms with Crippen LogP contribution in [0.5, 0.6) is 0 Å². The van der Waals surface area contributed by atoms with Gasteiger partial charge in [0.15, 0.2) is 10.9 Å². The lowest BCUT2D eigenvalue weighted by molar-refractivity contribution is -0.115. The monoisotopic (exact) mass is 410 g/mol. The van der Waals surface area contributed by atoms with Gasteiger partial charge in [0.05, 0.1) is 12.2 Å². The van der Waals surface area contributed by atoms with Gasteiger partial charge in [-0.3, -0.25) is 9.59 Å². The third-order valence-electron chi connectivity index (χ3n) is 4.94. The first-order valence-electron chi connectivity index (χ1n) is 9.22. The first-order valence-corrected chi connectivity index (χ1v) is 11.1. The van der Waals surface area contributed by atoms with Crippen molar-refractivity contribution in [2.45, 2.75) is 36.9 Å². The molecule has 1 fully saturated rings. The molecule has 3 aromatic rings. The van der Waals surface area contributed by atoms with Crippen LogP contribution < -0.4 is 5.32 Å². The number of nitrogens with one attached hydrogen (secondary N) is 1. The maximum Gasteiger partial charge on any atom is 0.228 e. The number of amides is 1. The molecule has 2 aromatic heterocycles. The highest BCUT2D eigenvalue weighted by Gasteiger charge is 2.30. The molecule has 0 unspecified atom stereocenters. The summed E-state index contributed by atoms with van der Waals surface area (Å²) >= 11 is 3.17. The van der Waals surface area contributed by atoms with E-state index in [1.807, 2.05) is 18.2 Å². The molecule has 3 heterocycles. The number of rotatable bonds is 7. The maximum absolute atomic E-state index is 12.7. The Balaban J connectivity index is 1.30. The largest absolute Gasteiger partial charge is 0.326 e. The summed E-state index contributed by atoms with van der Waals surface area (Å²) in [6.07, 6.45) is 3.40. The minimum atomic E-state index is -0.0234. The van der Waals surface area contributed by atoms with Crippen molar-refractivity contribution >= 4 is 40.5 Å². The molecule has 1 aromatic carbocycles. The number of aromatic nitrogens is 3. The molecule has 0 radical (unpaired) electrons. The van der Waals surface area contributed by atoms with E-state index in [2.05, 4.69) is 31.5 Å². The number of ketones is 1. The lowest BCUT2D eigenvalue weighted by Crippen LogP contribution is -2.07. The maximum atomic E-state index is 12.7. The van der Waals surface area contributed by atoms with Gasteiger partial charge in [-0.25, -0.2) is 0 Å². The van der Waals surface area contributed by atoms with Crippen LogP contribution in [0.3, 0.4) is 0 Å². The standard InChI is InChI=1S/C20H18N4O2S2/c25-17(12-3-6-16-13(8-12)9-19(26)21-16)11-28-20-23-22-18(24(20)14-4-5-14)10-15-2-1-7-27-15/h1-3,6-8,14H,4-5,9-11H2,(H,21,26). The van der Waals surface area contributed by atoms with E-state index in [4.69, 9.17) is 0 Å². The normalized spacial score (nSPS) is 15.5. The molecule has 2 aliphatic rings. The Morgan fingerprint density at radius 3 is 2.96 bits per heavy atom. The predicted molar refractivity (Wildman–Crippen MR) is 109 cm³/mol. The molecule has 5 rings (SSSR count). The Morgan fingerprint density at radius 1 is 1.29 bits per heavy atom. The summed E-state index contributed by atoms with van der Waals surface area (Å²) in [7, 11) is 0. The van der Waals surface area contributed by atoms with E-state index in [9.17, 15) is 9.59 Å². The highest BCUT2D eigenvalue weighted by atomic mass is 32.2. The van der Waals surface area contributed by atoms with E-state index in [-0.39, 0.29) is 11.7 Å². The smallest absolute Gasteiger partial charge is 0.228 e. The predicted octanol–water partition coefficient (Wildman–Crippen LogP) is 3.73. The van der Waals surface area contributed by atoms with Crippen LogP contribution in [0.4, 0.5) is 5.69 Å². The van der Waals surface area contributed by atoms with Crippen molar-refractivity contribution in [1.82, 2.24) is 14.8 Å². The summed E-state index contributed by atoms with van der Waals surface area (Å²) in [5.74, 6) is 1.30. The number of carbonyl (C=O) groups is 2. The molecule has 0 spiro atoms. The van der Waals surface area contributed by atoms with Gasteiger partial charge >= 0.3 is 0 Å². The Kier molecular flexibility index (Phi) is 4.52. The van der Waals surface area contributed by atoms with E-state index in [0.717, 1.165) is 41.5 Å². The Hall–Kier alpha value is -2.45. The summed E-state index contributed by atoms with van der Waals surface area (Å²) < 4.78 is 2.21. The Labute approximate surface area is 170 Å². The van der Waals surface area contributed by atoms with Crippen LogP contribution in [0, 0.1) is 0 Å². The number of thiophene rings is 1. The fourth-order valence-electron chi connectivity index (χ4n) is 3.41. The number of hydrogen-bond acceptors (Lipinski definition) is 6. The average Bonchev–Trinajstić information content (AvgIpc) is 3.08. The minimum Gasteiger partial charge on any atom is -0.326 e. The second kappa shape index (κ2) is 7.18. The van der Waals surface area contributed by atoms with Crippen molar-refractivity contribution < 1.29 is 9.59 Å². The first kappa shape index (κ1) is 17.6. The van der Waals surface area contributed by atoms with Crippen molar-refractivity contribution in [1.29, 1.82) is 0 Å². The van der Waals surface area contributed by atoms with Crippen molar-refractivity contribution in [2.24, 2.45) is 0 Å². The van der Waals surface area contributed by atoms with Crippen LogP contribution in [0.15, 0.2) is 40.9 Å². The van der Waals surface area contributed by atoms with Crippen LogP contribution in [0.2, 0.25) is 0 Å². The molecule has 1 aliphatic carbocycles. The summed E-state index contributed by atoms with van der Waals surface area (Å²) in [5, 5.41) is 14.4. The lowest BCUT2D eigenvalue weighted by atomic mass is 10.1. The van der Waals surface area contributed by atoms with Crippen molar-refractivity contribution in [2.75, 3.05) is 11.1 Å². The Bertz CT molecular complexity index is 1050. The van der Waals surface area contributed by atoms with Crippen molar-refractivity contribution in [3.8, 4) is 0 Å². The summed E-state index contributed by atoms with van der Waals surface area (Å²) in [6.45, 7) is 0. The summed E-state index contributed by atoms with van der Waals surface area (Å²) in [4.78, 5) is 25.4. The third kappa shape index (κ3) is 3.49. The number of anilines is 1. The molecule has 1 aliphatic heterocycles. The fourth-order valence-corrected chi connectivity index (χ4v) is 5.03. The fraction of sp³-hybridized carbons (Fsp3) is 0.300. The number of Topliss-reactive ketones (excluding diaryl/α,β-unsaturated/α-hetero) is 1. The molecule has 0 bridgehead atoms. The zero-order valence-corrected chi connectivity index (χ0v) is 16.7. The second-order valence-corrected chi connectivity index (χ2v) is 9.04. The molecule has 6 nitrogen and oxygen atoms in total. The van der Waals surface area contributed by atoms with Crippen LogP contribution >= 0.6 is 23.1 Å². The van der Waals surface area contributed by atoms with Gasteiger partial charge in [0.25, 0.3) is 0 Å². The molecule has 1 N–H and O–H groups in total. The zero-order chi connectivity index (χ0) is 19.1. The van der Waals surface area contributed by atoms with Crippen LogP contribution in [0.1, 0.15) is 45.5 Å². The number of nitrogens with zero attached hydrogens (tertiary/aromatic N) is 3. The van der Waals surface area contributed by atoms with Gasteiger partial charge in [-0.2, -0.15) is 0 Å². The van der Waals surface area contributed by atoms with E-state index < -0.39 is 0 Å². The molecular weight excluding hydrogens is 392 g/mol. The van der Waals surface area contributed by atoms with Crippen LogP contribution in [0.25, 0.3) is 0 Å². The topological polar surface area (TPSA) is 76.9 Å². The SMILES string of the molecule is O=C1Cc2cc(C(=O)CSc3nnc(Cc4cccs4)n3C3CC3)ccc2N1. The number of fused-ring (bicyclic) bond motifs is 1. The number of carbonyl (C=O) groups excluding carboxylic acids is 2.